The number of carbonyl (C=O) groups is 1. The summed E-state index contributed by atoms with van der Waals surface area (Å²) in [6, 6.07) is 0. The van der Waals surface area contributed by atoms with Crippen LogP contribution in [-0.4, -0.2) is 40.4 Å². The van der Waals surface area contributed by atoms with E-state index in [1.807, 2.05) is 6.92 Å². The molecular weight excluding hydrogens is 308 g/mol. The van der Waals surface area contributed by atoms with E-state index >= 15 is 0 Å². The lowest BCUT2D eigenvalue weighted by Gasteiger charge is -2.19. The number of hydrogen-bond donors (Lipinski definition) is 1. The molecule has 2 aromatic heterocycles. The van der Waals surface area contributed by atoms with Crippen LogP contribution in [0.1, 0.15) is 16.3 Å². The maximum atomic E-state index is 12.3. The molecule has 23 heavy (non-hydrogen) atoms. The van der Waals surface area contributed by atoms with Crippen molar-refractivity contribution in [1.82, 2.24) is 14.9 Å². The first-order valence-corrected chi connectivity index (χ1v) is 8.27. The third-order valence-corrected chi connectivity index (χ3v) is 4.70. The molecule has 5 nitrogen and oxygen atoms in total. The van der Waals surface area contributed by atoms with Gasteiger partial charge in [0.05, 0.1) is 11.9 Å². The lowest BCUT2D eigenvalue weighted by Crippen LogP contribution is -2.36. The number of amides is 1. The molecule has 0 spiro atoms. The van der Waals surface area contributed by atoms with Gasteiger partial charge in [-0.1, -0.05) is 12.2 Å². The van der Waals surface area contributed by atoms with Crippen molar-refractivity contribution in [3.05, 3.63) is 41.6 Å². The first-order chi connectivity index (χ1) is 11.0. The van der Waals surface area contributed by atoms with Crippen LogP contribution in [0.25, 0.3) is 10.2 Å². The zero-order chi connectivity index (χ0) is 17.0. The van der Waals surface area contributed by atoms with Crippen molar-refractivity contribution in [3.63, 3.8) is 0 Å². The standard InChI is InChI=1S/C17H22N4OS/c1-6-8-21(9-7-2)14(22)10-18-16-15-11(3)12(4)23-17(15)20-13(5)19-16/h6-7H,1-2,8-10H2,3-5H3,(H,18,19,20). The largest absolute Gasteiger partial charge is 0.360 e. The number of nitrogens with one attached hydrogen (secondary N) is 1. The fourth-order valence-electron chi connectivity index (χ4n) is 2.35. The monoisotopic (exact) mass is 330 g/mol. The van der Waals surface area contributed by atoms with Crippen LogP contribution in [-0.2, 0) is 4.79 Å². The van der Waals surface area contributed by atoms with E-state index in [1.54, 1.807) is 28.4 Å². The van der Waals surface area contributed by atoms with E-state index in [9.17, 15) is 4.79 Å². The minimum atomic E-state index is -0.0150. The van der Waals surface area contributed by atoms with Crippen molar-refractivity contribution in [3.8, 4) is 0 Å². The molecule has 1 N–H and O–H groups in total. The number of hydrogen-bond acceptors (Lipinski definition) is 5. The highest BCUT2D eigenvalue weighted by molar-refractivity contribution is 7.18. The fourth-order valence-corrected chi connectivity index (χ4v) is 3.42. The van der Waals surface area contributed by atoms with E-state index in [1.165, 1.54) is 4.88 Å². The van der Waals surface area contributed by atoms with Crippen LogP contribution in [0.4, 0.5) is 5.82 Å². The number of rotatable bonds is 7. The van der Waals surface area contributed by atoms with E-state index in [4.69, 9.17) is 0 Å². The number of fused-ring (bicyclic) bond motifs is 1. The summed E-state index contributed by atoms with van der Waals surface area (Å²) in [4.78, 5) is 25.1. The summed E-state index contributed by atoms with van der Waals surface area (Å²) in [6.45, 7) is 14.5. The second kappa shape index (κ2) is 7.37. The summed E-state index contributed by atoms with van der Waals surface area (Å²) in [5, 5.41) is 4.18. The molecule has 0 saturated heterocycles. The average molecular weight is 330 g/mol. The lowest BCUT2D eigenvalue weighted by molar-refractivity contribution is -0.128. The lowest BCUT2D eigenvalue weighted by atomic mass is 10.2. The molecular formula is C17H22N4OS. The fraction of sp³-hybridized carbons (Fsp3) is 0.353. The summed E-state index contributed by atoms with van der Waals surface area (Å²) in [7, 11) is 0. The molecule has 1 amide bonds. The van der Waals surface area contributed by atoms with E-state index in [2.05, 4.69) is 42.3 Å². The van der Waals surface area contributed by atoms with Crippen molar-refractivity contribution < 1.29 is 4.79 Å². The van der Waals surface area contributed by atoms with Gasteiger partial charge in [0.15, 0.2) is 0 Å². The predicted octanol–water partition coefficient (Wildman–Crippen LogP) is 3.23. The zero-order valence-corrected chi connectivity index (χ0v) is 14.7. The molecule has 2 rings (SSSR count). The van der Waals surface area contributed by atoms with Crippen molar-refractivity contribution in [2.24, 2.45) is 0 Å². The third kappa shape index (κ3) is 3.76. The topological polar surface area (TPSA) is 58.1 Å². The van der Waals surface area contributed by atoms with Gasteiger partial charge in [0.2, 0.25) is 5.91 Å². The van der Waals surface area contributed by atoms with E-state index < -0.39 is 0 Å². The molecule has 0 aliphatic carbocycles. The Morgan fingerprint density at radius 3 is 2.48 bits per heavy atom. The van der Waals surface area contributed by atoms with Gasteiger partial charge in [-0.2, -0.15) is 0 Å². The number of carbonyl (C=O) groups excluding carboxylic acids is 1. The second-order valence-electron chi connectivity index (χ2n) is 5.31. The van der Waals surface area contributed by atoms with Gasteiger partial charge in [0.25, 0.3) is 0 Å². The third-order valence-electron chi connectivity index (χ3n) is 3.60. The number of aromatic nitrogens is 2. The van der Waals surface area contributed by atoms with Gasteiger partial charge in [-0.15, -0.1) is 24.5 Å². The minimum Gasteiger partial charge on any atom is -0.360 e. The van der Waals surface area contributed by atoms with Gasteiger partial charge in [0.1, 0.15) is 16.5 Å². The SMILES string of the molecule is C=CCN(CC=C)C(=O)CNc1nc(C)nc2sc(C)c(C)c12. The predicted molar refractivity (Wildman–Crippen MR) is 97.1 cm³/mol. The molecule has 0 aliphatic heterocycles. The molecule has 0 atom stereocenters. The van der Waals surface area contributed by atoms with Crippen molar-refractivity contribution in [2.45, 2.75) is 20.8 Å². The molecule has 0 aliphatic rings. The first kappa shape index (κ1) is 17.1. The van der Waals surface area contributed by atoms with Crippen LogP contribution in [0.2, 0.25) is 0 Å². The van der Waals surface area contributed by atoms with E-state index in [0.29, 0.717) is 18.9 Å². The summed E-state index contributed by atoms with van der Waals surface area (Å²) < 4.78 is 0. The van der Waals surface area contributed by atoms with E-state index in [-0.39, 0.29) is 12.5 Å². The van der Waals surface area contributed by atoms with Crippen LogP contribution < -0.4 is 5.32 Å². The molecule has 2 aromatic rings. The first-order valence-electron chi connectivity index (χ1n) is 7.45. The molecule has 0 unspecified atom stereocenters. The summed E-state index contributed by atoms with van der Waals surface area (Å²) in [5.74, 6) is 1.40. The Kier molecular flexibility index (Phi) is 5.50. The van der Waals surface area contributed by atoms with Crippen LogP contribution in [0.3, 0.4) is 0 Å². The zero-order valence-electron chi connectivity index (χ0n) is 13.8. The minimum absolute atomic E-state index is 0.0150. The Bertz CT molecular complexity index is 741. The Morgan fingerprint density at radius 1 is 1.22 bits per heavy atom. The van der Waals surface area contributed by atoms with Crippen LogP contribution >= 0.6 is 11.3 Å². The van der Waals surface area contributed by atoms with Crippen LogP contribution in [0, 0.1) is 20.8 Å². The maximum absolute atomic E-state index is 12.3. The quantitative estimate of drug-likeness (QED) is 0.792. The Labute approximate surface area is 140 Å². The van der Waals surface area contributed by atoms with Gasteiger partial charge in [0, 0.05) is 18.0 Å². The number of anilines is 1. The number of nitrogens with zero attached hydrogens (tertiary/aromatic N) is 3. The Hall–Kier alpha value is -2.21. The van der Waals surface area contributed by atoms with Gasteiger partial charge in [-0.25, -0.2) is 9.97 Å². The van der Waals surface area contributed by atoms with E-state index in [0.717, 1.165) is 21.6 Å². The van der Waals surface area contributed by atoms with Crippen molar-refractivity contribution >= 4 is 33.3 Å². The maximum Gasteiger partial charge on any atom is 0.242 e. The highest BCUT2D eigenvalue weighted by atomic mass is 32.1. The van der Waals surface area contributed by atoms with Crippen LogP contribution in [0.15, 0.2) is 25.3 Å². The second-order valence-corrected chi connectivity index (χ2v) is 6.52. The molecule has 0 saturated carbocycles. The summed E-state index contributed by atoms with van der Waals surface area (Å²) in [5.41, 5.74) is 1.16. The van der Waals surface area contributed by atoms with Gasteiger partial charge in [-0.3, -0.25) is 4.79 Å². The molecule has 122 valence electrons. The van der Waals surface area contributed by atoms with Crippen molar-refractivity contribution in [1.29, 1.82) is 0 Å². The van der Waals surface area contributed by atoms with Gasteiger partial charge < -0.3 is 10.2 Å². The Balaban J connectivity index is 2.23. The normalized spacial score (nSPS) is 10.6. The molecule has 0 bridgehead atoms. The smallest absolute Gasteiger partial charge is 0.242 e. The van der Waals surface area contributed by atoms with Gasteiger partial charge >= 0.3 is 0 Å². The van der Waals surface area contributed by atoms with Gasteiger partial charge in [-0.05, 0) is 26.3 Å². The molecule has 6 heteroatoms. The number of aryl methyl sites for hydroxylation is 3. The Morgan fingerprint density at radius 2 is 1.87 bits per heavy atom. The van der Waals surface area contributed by atoms with Crippen molar-refractivity contribution in [2.75, 3.05) is 25.0 Å². The molecule has 0 aromatic carbocycles. The highest BCUT2D eigenvalue weighted by Crippen LogP contribution is 2.33. The molecule has 2 heterocycles. The summed E-state index contributed by atoms with van der Waals surface area (Å²) in [6.07, 6.45) is 3.42. The molecule has 0 radical (unpaired) electrons. The molecule has 0 fully saturated rings. The summed E-state index contributed by atoms with van der Waals surface area (Å²) >= 11 is 1.65. The highest BCUT2D eigenvalue weighted by Gasteiger charge is 2.15. The van der Waals surface area contributed by atoms with Crippen LogP contribution in [0.5, 0.6) is 0 Å². The number of thiophene rings is 1. The average Bonchev–Trinajstić information content (AvgIpc) is 2.78.